The molecule has 1 aromatic rings. The molecule has 20 heavy (non-hydrogen) atoms. The van der Waals surface area contributed by atoms with Crippen molar-refractivity contribution in [2.24, 2.45) is 11.1 Å². The summed E-state index contributed by atoms with van der Waals surface area (Å²) in [6, 6.07) is 4.80. The summed E-state index contributed by atoms with van der Waals surface area (Å²) in [7, 11) is -1.92. The molecular weight excluding hydrogens is 278 g/mol. The van der Waals surface area contributed by atoms with Crippen LogP contribution in [0.15, 0.2) is 23.1 Å². The molecule has 6 nitrogen and oxygen atoms in total. The monoisotopic (exact) mass is 299 g/mol. The Bertz CT molecular complexity index is 568. The van der Waals surface area contributed by atoms with Gasteiger partial charge < -0.3 is 15.4 Å². The molecule has 4 N–H and O–H groups in total. The van der Waals surface area contributed by atoms with Crippen LogP contribution in [0.1, 0.15) is 12.8 Å². The molecule has 0 unspecified atom stereocenters. The first-order chi connectivity index (χ1) is 9.38. The van der Waals surface area contributed by atoms with Crippen LogP contribution in [-0.2, 0) is 14.8 Å². The molecule has 0 atom stereocenters. The standard InChI is InChI=1S/C13H21N3O3S/c1-16(9-10-4-6-19-7-5-10)12-3-2-11(14)8-13(12)20(15,17)18/h2-3,8,10H,4-7,9,14H2,1H3,(H2,15,17,18). The topological polar surface area (TPSA) is 98.7 Å². The molecular formula is C13H21N3O3S. The fourth-order valence-electron chi connectivity index (χ4n) is 2.49. The van der Waals surface area contributed by atoms with Crippen molar-refractivity contribution < 1.29 is 13.2 Å². The zero-order chi connectivity index (χ0) is 14.8. The first-order valence-corrected chi connectivity index (χ1v) is 8.14. The van der Waals surface area contributed by atoms with Crippen LogP contribution in [0.25, 0.3) is 0 Å². The lowest BCUT2D eigenvalue weighted by atomic mass is 10.00. The number of rotatable bonds is 4. The van der Waals surface area contributed by atoms with Crippen LogP contribution < -0.4 is 15.8 Å². The van der Waals surface area contributed by atoms with Gasteiger partial charge in [0.15, 0.2) is 0 Å². The Morgan fingerprint density at radius 2 is 2.00 bits per heavy atom. The minimum absolute atomic E-state index is 0.0760. The van der Waals surface area contributed by atoms with Gasteiger partial charge in [-0.2, -0.15) is 0 Å². The molecule has 0 spiro atoms. The Hall–Kier alpha value is -1.31. The van der Waals surface area contributed by atoms with Crippen molar-refractivity contribution in [1.29, 1.82) is 0 Å². The molecule has 0 aromatic heterocycles. The van der Waals surface area contributed by atoms with E-state index in [1.807, 2.05) is 11.9 Å². The third kappa shape index (κ3) is 3.62. The minimum atomic E-state index is -3.79. The van der Waals surface area contributed by atoms with E-state index in [-0.39, 0.29) is 4.90 Å². The Labute approximate surface area is 119 Å². The average Bonchev–Trinajstić information content (AvgIpc) is 2.38. The number of hydrogen-bond acceptors (Lipinski definition) is 5. The maximum atomic E-state index is 11.7. The van der Waals surface area contributed by atoms with Crippen molar-refractivity contribution in [2.75, 3.05) is 37.4 Å². The average molecular weight is 299 g/mol. The Morgan fingerprint density at radius 1 is 1.35 bits per heavy atom. The van der Waals surface area contributed by atoms with Crippen LogP contribution in [0.4, 0.5) is 11.4 Å². The molecule has 0 radical (unpaired) electrons. The summed E-state index contributed by atoms with van der Waals surface area (Å²) < 4.78 is 28.7. The Kier molecular flexibility index (Phi) is 4.52. The van der Waals surface area contributed by atoms with Crippen molar-refractivity contribution >= 4 is 21.4 Å². The predicted octanol–water partition coefficient (Wildman–Crippen LogP) is 0.779. The predicted molar refractivity (Wildman–Crippen MR) is 79.0 cm³/mol. The molecule has 1 aliphatic rings. The lowest BCUT2D eigenvalue weighted by Crippen LogP contribution is -2.31. The quantitative estimate of drug-likeness (QED) is 0.800. The van der Waals surface area contributed by atoms with Crippen LogP contribution in [0.3, 0.4) is 0 Å². The maximum absolute atomic E-state index is 11.7. The summed E-state index contributed by atoms with van der Waals surface area (Å²) in [6.07, 6.45) is 1.98. The highest BCUT2D eigenvalue weighted by Crippen LogP contribution is 2.27. The van der Waals surface area contributed by atoms with E-state index >= 15 is 0 Å². The van der Waals surface area contributed by atoms with Crippen molar-refractivity contribution in [3.8, 4) is 0 Å². The lowest BCUT2D eigenvalue weighted by Gasteiger charge is -2.29. The van der Waals surface area contributed by atoms with Crippen LogP contribution in [0.5, 0.6) is 0 Å². The van der Waals surface area contributed by atoms with Crippen LogP contribution in [-0.4, -0.2) is 35.2 Å². The number of nitrogens with zero attached hydrogens (tertiary/aromatic N) is 1. The number of nitrogens with two attached hydrogens (primary N) is 2. The van der Waals surface area contributed by atoms with E-state index in [9.17, 15) is 8.42 Å². The summed E-state index contributed by atoms with van der Waals surface area (Å²) >= 11 is 0. The summed E-state index contributed by atoms with van der Waals surface area (Å²) in [5, 5.41) is 5.27. The van der Waals surface area contributed by atoms with Gasteiger partial charge in [-0.1, -0.05) is 0 Å². The highest BCUT2D eigenvalue weighted by molar-refractivity contribution is 7.89. The number of benzene rings is 1. The van der Waals surface area contributed by atoms with E-state index in [0.29, 0.717) is 17.3 Å². The van der Waals surface area contributed by atoms with E-state index in [0.717, 1.165) is 32.6 Å². The van der Waals surface area contributed by atoms with Gasteiger partial charge in [0.25, 0.3) is 0 Å². The Morgan fingerprint density at radius 3 is 2.60 bits per heavy atom. The lowest BCUT2D eigenvalue weighted by molar-refractivity contribution is 0.0685. The van der Waals surface area contributed by atoms with E-state index in [1.165, 1.54) is 6.07 Å². The highest BCUT2D eigenvalue weighted by atomic mass is 32.2. The summed E-state index contributed by atoms with van der Waals surface area (Å²) in [4.78, 5) is 2.00. The number of primary sulfonamides is 1. The molecule has 0 aliphatic carbocycles. The fourth-order valence-corrected chi connectivity index (χ4v) is 3.30. The third-order valence-electron chi connectivity index (χ3n) is 3.57. The van der Waals surface area contributed by atoms with Crippen molar-refractivity contribution in [2.45, 2.75) is 17.7 Å². The molecule has 1 fully saturated rings. The zero-order valence-electron chi connectivity index (χ0n) is 11.6. The highest BCUT2D eigenvalue weighted by Gasteiger charge is 2.21. The van der Waals surface area contributed by atoms with Gasteiger partial charge in [-0.05, 0) is 37.0 Å². The second kappa shape index (κ2) is 5.99. The molecule has 1 aromatic carbocycles. The minimum Gasteiger partial charge on any atom is -0.399 e. The normalized spacial score (nSPS) is 17.1. The third-order valence-corrected chi connectivity index (χ3v) is 4.51. The van der Waals surface area contributed by atoms with Crippen LogP contribution in [0, 0.1) is 5.92 Å². The van der Waals surface area contributed by atoms with Gasteiger partial charge in [-0.3, -0.25) is 0 Å². The molecule has 7 heteroatoms. The van der Waals surface area contributed by atoms with Crippen LogP contribution >= 0.6 is 0 Å². The molecule has 1 aliphatic heterocycles. The molecule has 2 rings (SSSR count). The summed E-state index contributed by atoms with van der Waals surface area (Å²) in [6.45, 7) is 2.31. The summed E-state index contributed by atoms with van der Waals surface area (Å²) in [5.74, 6) is 0.500. The van der Waals surface area contributed by atoms with E-state index < -0.39 is 10.0 Å². The number of ether oxygens (including phenoxy) is 1. The van der Waals surface area contributed by atoms with Gasteiger partial charge in [0, 0.05) is 32.5 Å². The maximum Gasteiger partial charge on any atom is 0.240 e. The first-order valence-electron chi connectivity index (χ1n) is 6.59. The molecule has 0 saturated carbocycles. The molecule has 112 valence electrons. The molecule has 0 bridgehead atoms. The molecule has 1 heterocycles. The van der Waals surface area contributed by atoms with Crippen molar-refractivity contribution in [3.63, 3.8) is 0 Å². The number of nitrogen functional groups attached to an aromatic ring is 1. The van der Waals surface area contributed by atoms with Crippen molar-refractivity contribution in [3.05, 3.63) is 18.2 Å². The van der Waals surface area contributed by atoms with E-state index in [4.69, 9.17) is 15.6 Å². The number of anilines is 2. The van der Waals surface area contributed by atoms with Gasteiger partial charge >= 0.3 is 0 Å². The van der Waals surface area contributed by atoms with Crippen LogP contribution in [0.2, 0.25) is 0 Å². The van der Waals surface area contributed by atoms with Gasteiger partial charge in [0.05, 0.1) is 5.69 Å². The van der Waals surface area contributed by atoms with Gasteiger partial charge in [0.1, 0.15) is 4.90 Å². The summed E-state index contributed by atoms with van der Waals surface area (Å²) in [5.41, 5.74) is 6.63. The second-order valence-corrected chi connectivity index (χ2v) is 6.74. The SMILES string of the molecule is CN(CC1CCOCC1)c1ccc(N)cc1S(N)(=O)=O. The van der Waals surface area contributed by atoms with Gasteiger partial charge in [0.2, 0.25) is 10.0 Å². The zero-order valence-corrected chi connectivity index (χ0v) is 12.4. The molecule has 0 amide bonds. The smallest absolute Gasteiger partial charge is 0.240 e. The van der Waals surface area contributed by atoms with E-state index in [1.54, 1.807) is 12.1 Å². The Balaban J connectivity index is 2.22. The van der Waals surface area contributed by atoms with Gasteiger partial charge in [-0.25, -0.2) is 13.6 Å². The fraction of sp³-hybridized carbons (Fsp3) is 0.538. The van der Waals surface area contributed by atoms with E-state index in [2.05, 4.69) is 0 Å². The van der Waals surface area contributed by atoms with Crippen molar-refractivity contribution in [1.82, 2.24) is 0 Å². The number of hydrogen-bond donors (Lipinski definition) is 2. The number of sulfonamides is 1. The molecule has 1 saturated heterocycles. The first kappa shape index (κ1) is 15.1. The van der Waals surface area contributed by atoms with Gasteiger partial charge in [-0.15, -0.1) is 0 Å². The largest absolute Gasteiger partial charge is 0.399 e. The second-order valence-electron chi connectivity index (χ2n) is 5.21.